The zero-order chi connectivity index (χ0) is 30.5. The average molecular weight is 620 g/mol. The van der Waals surface area contributed by atoms with Crippen LogP contribution in [0.3, 0.4) is 0 Å². The highest BCUT2D eigenvalue weighted by Crippen LogP contribution is 2.32. The summed E-state index contributed by atoms with van der Waals surface area (Å²) in [5.41, 5.74) is 1.74. The van der Waals surface area contributed by atoms with Crippen molar-refractivity contribution >= 4 is 55.9 Å². The number of nitrogens with one attached hydrogen (secondary N) is 2. The van der Waals surface area contributed by atoms with Gasteiger partial charge in [-0.05, 0) is 37.3 Å². The molecule has 15 heteroatoms. The molecule has 13 nitrogen and oxygen atoms in total. The molecule has 2 aromatic heterocycles. The fourth-order valence-corrected chi connectivity index (χ4v) is 5.79. The lowest BCUT2D eigenvalue weighted by Gasteiger charge is -2.15. The van der Waals surface area contributed by atoms with Crippen LogP contribution >= 0.6 is 23.1 Å². The number of aryl methyl sites for hydroxylation is 1. The van der Waals surface area contributed by atoms with E-state index in [9.17, 15) is 19.7 Å². The molecule has 0 aliphatic rings. The molecule has 0 radical (unpaired) electrons. The van der Waals surface area contributed by atoms with Crippen molar-refractivity contribution in [3.05, 3.63) is 87.7 Å². The number of anilines is 1. The normalized spacial score (nSPS) is 10.9. The Morgan fingerprint density at radius 1 is 1.07 bits per heavy atom. The predicted octanol–water partition coefficient (Wildman–Crippen LogP) is 4.77. The zero-order valence-electron chi connectivity index (χ0n) is 23.2. The number of carbonyl (C=O) groups is 2. The standard InChI is InChI=1S/C28H25N7O6S2/c1-16-8-9-17(12-20(16)35(38)39)26(37)29-14-24-32-33-28(34(24)21-13-18(40-2)10-11-22(21)41-3)42-15-25(36)31-27-30-19-6-4-5-7-23(19)43-27/h4-13H,14-15H2,1-3H3,(H,29,37)(H,30,31,36). The number of thioether (sulfide) groups is 1. The van der Waals surface area contributed by atoms with E-state index in [0.29, 0.717) is 38.9 Å². The van der Waals surface area contributed by atoms with Gasteiger partial charge in [-0.3, -0.25) is 24.3 Å². The second kappa shape index (κ2) is 12.9. The first-order valence-corrected chi connectivity index (χ1v) is 14.6. The number of nitro groups is 1. The Balaban J connectivity index is 1.39. The van der Waals surface area contributed by atoms with Gasteiger partial charge in [0, 0.05) is 23.3 Å². The summed E-state index contributed by atoms with van der Waals surface area (Å²) in [4.78, 5) is 41.0. The zero-order valence-corrected chi connectivity index (χ0v) is 24.8. The molecular weight excluding hydrogens is 594 g/mol. The maximum absolute atomic E-state index is 12.9. The van der Waals surface area contributed by atoms with Crippen molar-refractivity contribution in [3.8, 4) is 17.2 Å². The SMILES string of the molecule is COc1ccc(OC)c(-n2c(CNC(=O)c3ccc(C)c([N+](=O)[O-])c3)nnc2SCC(=O)Nc2nc3ccccc3s2)c1. The topological polar surface area (TPSA) is 163 Å². The quantitative estimate of drug-likeness (QED) is 0.120. The van der Waals surface area contributed by atoms with Crippen molar-refractivity contribution in [2.75, 3.05) is 25.3 Å². The van der Waals surface area contributed by atoms with E-state index in [1.54, 1.807) is 29.7 Å². The van der Waals surface area contributed by atoms with Crippen LogP contribution < -0.4 is 20.1 Å². The lowest BCUT2D eigenvalue weighted by atomic mass is 10.1. The second-order valence-electron chi connectivity index (χ2n) is 9.04. The molecule has 0 saturated carbocycles. The molecule has 3 aromatic carbocycles. The number of hydrogen-bond donors (Lipinski definition) is 2. The third-order valence-electron chi connectivity index (χ3n) is 6.27. The van der Waals surface area contributed by atoms with E-state index < -0.39 is 10.8 Å². The lowest BCUT2D eigenvalue weighted by molar-refractivity contribution is -0.385. The minimum atomic E-state index is -0.533. The lowest BCUT2D eigenvalue weighted by Crippen LogP contribution is -2.25. The van der Waals surface area contributed by atoms with E-state index in [4.69, 9.17) is 9.47 Å². The maximum atomic E-state index is 12.9. The maximum Gasteiger partial charge on any atom is 0.273 e. The molecule has 0 bridgehead atoms. The number of fused-ring (bicyclic) bond motifs is 1. The van der Waals surface area contributed by atoms with Crippen molar-refractivity contribution in [2.24, 2.45) is 0 Å². The second-order valence-corrected chi connectivity index (χ2v) is 11.0. The van der Waals surface area contributed by atoms with Crippen LogP contribution in [0.5, 0.6) is 11.5 Å². The number of aromatic nitrogens is 4. The molecule has 2 amide bonds. The summed E-state index contributed by atoms with van der Waals surface area (Å²) in [6, 6.07) is 17.0. The van der Waals surface area contributed by atoms with E-state index in [2.05, 4.69) is 25.8 Å². The number of rotatable bonds is 11. The van der Waals surface area contributed by atoms with Gasteiger partial charge in [0.15, 0.2) is 16.1 Å². The highest BCUT2D eigenvalue weighted by Gasteiger charge is 2.21. The van der Waals surface area contributed by atoms with Crippen LogP contribution in [0.15, 0.2) is 65.8 Å². The summed E-state index contributed by atoms with van der Waals surface area (Å²) >= 11 is 2.51. The first-order valence-electron chi connectivity index (χ1n) is 12.8. The number of nitro benzene ring substituents is 1. The van der Waals surface area contributed by atoms with Gasteiger partial charge in [0.1, 0.15) is 11.5 Å². The number of ether oxygens (including phenoxy) is 2. The molecule has 0 aliphatic carbocycles. The van der Waals surface area contributed by atoms with Crippen molar-refractivity contribution in [2.45, 2.75) is 18.6 Å². The minimum Gasteiger partial charge on any atom is -0.497 e. The minimum absolute atomic E-state index is 0.000262. The Hall–Kier alpha value is -5.02. The Bertz CT molecular complexity index is 1800. The number of thiazole rings is 1. The summed E-state index contributed by atoms with van der Waals surface area (Å²) in [6.45, 7) is 1.52. The van der Waals surface area contributed by atoms with Crippen LogP contribution in [0.2, 0.25) is 0 Å². The van der Waals surface area contributed by atoms with Gasteiger partial charge >= 0.3 is 0 Å². The first kappa shape index (κ1) is 29.5. The van der Waals surface area contributed by atoms with Crippen molar-refractivity contribution in [3.63, 3.8) is 0 Å². The monoisotopic (exact) mass is 619 g/mol. The van der Waals surface area contributed by atoms with Crippen molar-refractivity contribution < 1.29 is 24.0 Å². The molecule has 0 saturated heterocycles. The Kier molecular flexibility index (Phi) is 8.82. The summed E-state index contributed by atoms with van der Waals surface area (Å²) in [5, 5.41) is 26.3. The number of benzene rings is 3. The molecule has 5 aromatic rings. The summed E-state index contributed by atoms with van der Waals surface area (Å²) in [7, 11) is 3.04. The molecule has 2 N–H and O–H groups in total. The Morgan fingerprint density at radius 2 is 1.88 bits per heavy atom. The van der Waals surface area contributed by atoms with Crippen LogP contribution in [0.4, 0.5) is 10.8 Å². The molecule has 0 atom stereocenters. The number of amides is 2. The molecule has 0 spiro atoms. The predicted molar refractivity (Wildman–Crippen MR) is 162 cm³/mol. The Labute approximate surface area is 253 Å². The van der Waals surface area contributed by atoms with E-state index >= 15 is 0 Å². The molecule has 2 heterocycles. The summed E-state index contributed by atoms with van der Waals surface area (Å²) in [5.74, 6) is 0.529. The highest BCUT2D eigenvalue weighted by molar-refractivity contribution is 7.99. The molecular formula is C28H25N7O6S2. The number of carbonyl (C=O) groups excluding carboxylic acids is 2. The smallest absolute Gasteiger partial charge is 0.273 e. The first-order chi connectivity index (χ1) is 20.8. The average Bonchev–Trinajstić information content (AvgIpc) is 3.61. The van der Waals surface area contributed by atoms with Crippen LogP contribution in [0.1, 0.15) is 21.7 Å². The van der Waals surface area contributed by atoms with E-state index in [1.165, 1.54) is 43.8 Å². The van der Waals surface area contributed by atoms with Crippen LogP contribution in [0, 0.1) is 17.0 Å². The molecule has 43 heavy (non-hydrogen) atoms. The molecule has 220 valence electrons. The van der Waals surface area contributed by atoms with Gasteiger partial charge in [0.2, 0.25) is 5.91 Å². The summed E-state index contributed by atoms with van der Waals surface area (Å²) in [6.07, 6.45) is 0. The third-order valence-corrected chi connectivity index (χ3v) is 8.16. The van der Waals surface area contributed by atoms with Crippen LogP contribution in [-0.4, -0.2) is 56.5 Å². The van der Waals surface area contributed by atoms with Crippen LogP contribution in [-0.2, 0) is 11.3 Å². The van der Waals surface area contributed by atoms with Gasteiger partial charge in [-0.15, -0.1) is 10.2 Å². The molecule has 0 aliphatic heterocycles. The van der Waals surface area contributed by atoms with Gasteiger partial charge in [-0.2, -0.15) is 0 Å². The summed E-state index contributed by atoms with van der Waals surface area (Å²) < 4.78 is 13.6. The van der Waals surface area contributed by atoms with Crippen LogP contribution in [0.25, 0.3) is 15.9 Å². The largest absolute Gasteiger partial charge is 0.497 e. The number of hydrogen-bond acceptors (Lipinski definition) is 11. The van der Waals surface area contributed by atoms with E-state index in [0.717, 1.165) is 22.0 Å². The van der Waals surface area contributed by atoms with Gasteiger partial charge < -0.3 is 20.1 Å². The Morgan fingerprint density at radius 3 is 2.63 bits per heavy atom. The fourth-order valence-electron chi connectivity index (χ4n) is 4.14. The van der Waals surface area contributed by atoms with Gasteiger partial charge in [0.25, 0.3) is 11.6 Å². The third kappa shape index (κ3) is 6.57. The molecule has 5 rings (SSSR count). The van der Waals surface area contributed by atoms with E-state index in [1.807, 2.05) is 24.3 Å². The van der Waals surface area contributed by atoms with Gasteiger partial charge in [0.05, 0.1) is 47.3 Å². The fraction of sp³-hybridized carbons (Fsp3) is 0.179. The van der Waals surface area contributed by atoms with Gasteiger partial charge in [-0.1, -0.05) is 41.3 Å². The van der Waals surface area contributed by atoms with E-state index in [-0.39, 0.29) is 29.5 Å². The molecule has 0 unspecified atom stereocenters. The number of para-hydroxylation sites is 1. The van der Waals surface area contributed by atoms with Crippen molar-refractivity contribution in [1.82, 2.24) is 25.1 Å². The van der Waals surface area contributed by atoms with Gasteiger partial charge in [-0.25, -0.2) is 4.98 Å². The number of methoxy groups -OCH3 is 2. The number of nitrogens with zero attached hydrogens (tertiary/aromatic N) is 5. The highest BCUT2D eigenvalue weighted by atomic mass is 32.2. The van der Waals surface area contributed by atoms with Crippen molar-refractivity contribution in [1.29, 1.82) is 0 Å². The molecule has 0 fully saturated rings.